The summed E-state index contributed by atoms with van der Waals surface area (Å²) in [5.41, 5.74) is 3.70. The molecular formula is C30H33NO7. The molecule has 38 heavy (non-hydrogen) atoms. The van der Waals surface area contributed by atoms with Crippen molar-refractivity contribution in [3.05, 3.63) is 93.3 Å². The van der Waals surface area contributed by atoms with Crippen LogP contribution in [0.3, 0.4) is 0 Å². The van der Waals surface area contributed by atoms with Crippen molar-refractivity contribution in [3.8, 4) is 5.75 Å². The first-order valence-electron chi connectivity index (χ1n) is 12.4. The number of aromatic nitrogens is 1. The van der Waals surface area contributed by atoms with E-state index in [9.17, 15) is 29.7 Å². The van der Waals surface area contributed by atoms with Gasteiger partial charge in [0.15, 0.2) is 0 Å². The maximum absolute atomic E-state index is 12.4. The Morgan fingerprint density at radius 2 is 1.45 bits per heavy atom. The summed E-state index contributed by atoms with van der Waals surface area (Å²) < 4.78 is 5.16. The molecule has 2 aromatic carbocycles. The highest BCUT2D eigenvalue weighted by atomic mass is 16.5. The van der Waals surface area contributed by atoms with Crippen molar-refractivity contribution in [1.82, 2.24) is 4.98 Å². The van der Waals surface area contributed by atoms with Gasteiger partial charge in [0.1, 0.15) is 5.75 Å². The van der Waals surface area contributed by atoms with Gasteiger partial charge >= 0.3 is 17.9 Å². The second-order valence-electron chi connectivity index (χ2n) is 9.88. The molecule has 0 aliphatic carbocycles. The molecular weight excluding hydrogens is 486 g/mol. The van der Waals surface area contributed by atoms with Crippen LogP contribution in [0.2, 0.25) is 0 Å². The van der Waals surface area contributed by atoms with Crippen LogP contribution in [0, 0.1) is 0 Å². The smallest absolute Gasteiger partial charge is 0.337 e. The number of aromatic carboxylic acids is 3. The van der Waals surface area contributed by atoms with Gasteiger partial charge in [-0.2, -0.15) is 0 Å². The number of nitrogens with zero attached hydrogens (tertiary/aromatic N) is 1. The minimum Gasteiger partial charge on any atom is -0.497 e. The van der Waals surface area contributed by atoms with E-state index in [4.69, 9.17) is 4.74 Å². The number of benzene rings is 2. The molecule has 1 heterocycles. The van der Waals surface area contributed by atoms with Crippen molar-refractivity contribution in [1.29, 1.82) is 0 Å². The van der Waals surface area contributed by atoms with E-state index < -0.39 is 17.9 Å². The summed E-state index contributed by atoms with van der Waals surface area (Å²) in [5, 5.41) is 29.4. The van der Waals surface area contributed by atoms with Crippen LogP contribution in [0.25, 0.3) is 0 Å². The lowest BCUT2D eigenvalue weighted by Gasteiger charge is -2.21. The predicted molar refractivity (Wildman–Crippen MR) is 143 cm³/mol. The van der Waals surface area contributed by atoms with E-state index in [2.05, 4.69) is 4.98 Å². The first kappa shape index (κ1) is 28.4. The van der Waals surface area contributed by atoms with Gasteiger partial charge in [-0.05, 0) is 71.0 Å². The van der Waals surface area contributed by atoms with Gasteiger partial charge in [0.05, 0.1) is 23.8 Å². The quantitative estimate of drug-likeness (QED) is 0.281. The molecule has 0 aliphatic rings. The Morgan fingerprint density at radius 3 is 2.03 bits per heavy atom. The molecule has 2 unspecified atom stereocenters. The third-order valence-electron chi connectivity index (χ3n) is 6.84. The molecule has 0 bridgehead atoms. The van der Waals surface area contributed by atoms with Crippen LogP contribution in [0.1, 0.15) is 104 Å². The van der Waals surface area contributed by atoms with Gasteiger partial charge in [-0.25, -0.2) is 14.4 Å². The summed E-state index contributed by atoms with van der Waals surface area (Å²) >= 11 is 0. The highest BCUT2D eigenvalue weighted by molar-refractivity contribution is 5.92. The molecule has 3 N–H and O–H groups in total. The Labute approximate surface area is 221 Å². The minimum absolute atomic E-state index is 0.00815. The van der Waals surface area contributed by atoms with E-state index in [0.717, 1.165) is 0 Å². The van der Waals surface area contributed by atoms with Crippen molar-refractivity contribution in [2.75, 3.05) is 7.11 Å². The lowest BCUT2D eigenvalue weighted by atomic mass is 9.84. The SMILES string of the molecule is COc1ccc(C(C)Cc2cccc(C(C)Cc3cc(C(C)C)c(C(=O)O)cn3)c2C(=O)O)c(C(=O)O)c1. The molecule has 3 aromatic rings. The average molecular weight is 520 g/mol. The van der Waals surface area contributed by atoms with Gasteiger partial charge in [-0.15, -0.1) is 0 Å². The highest BCUT2D eigenvalue weighted by Gasteiger charge is 2.24. The first-order chi connectivity index (χ1) is 17.9. The Balaban J connectivity index is 1.95. The molecule has 200 valence electrons. The van der Waals surface area contributed by atoms with Crippen molar-refractivity contribution < 1.29 is 34.4 Å². The number of rotatable bonds is 11. The molecule has 8 nitrogen and oxygen atoms in total. The van der Waals surface area contributed by atoms with E-state index in [0.29, 0.717) is 46.5 Å². The first-order valence-corrected chi connectivity index (χ1v) is 12.4. The Kier molecular flexibility index (Phi) is 8.88. The number of hydrogen-bond acceptors (Lipinski definition) is 5. The number of carboxylic acids is 3. The van der Waals surface area contributed by atoms with Gasteiger partial charge in [0, 0.05) is 11.9 Å². The third kappa shape index (κ3) is 6.19. The zero-order valence-corrected chi connectivity index (χ0v) is 22.2. The number of methoxy groups -OCH3 is 1. The van der Waals surface area contributed by atoms with Gasteiger partial charge < -0.3 is 20.1 Å². The van der Waals surface area contributed by atoms with Gasteiger partial charge in [-0.3, -0.25) is 4.98 Å². The Hall–Kier alpha value is -4.20. The number of ether oxygens (including phenoxy) is 1. The monoisotopic (exact) mass is 519 g/mol. The summed E-state index contributed by atoms with van der Waals surface area (Å²) in [6.07, 6.45) is 2.13. The number of hydrogen-bond donors (Lipinski definition) is 3. The molecule has 3 rings (SSSR count). The van der Waals surface area contributed by atoms with Crippen LogP contribution in [0.5, 0.6) is 5.75 Å². The zero-order valence-electron chi connectivity index (χ0n) is 22.2. The fourth-order valence-electron chi connectivity index (χ4n) is 4.89. The normalized spacial score (nSPS) is 12.7. The van der Waals surface area contributed by atoms with E-state index in [-0.39, 0.29) is 34.4 Å². The standard InChI is InChI=1S/C30H33NO7/c1-16(2)24-13-20(31-15-26(24)29(34)35)12-18(4)23-8-6-7-19(27(23)30(36)37)11-17(3)22-10-9-21(38-5)14-25(22)28(32)33/h6-10,13-18H,11-12H2,1-5H3,(H,32,33)(H,34,35)(H,36,37). The maximum Gasteiger partial charge on any atom is 0.337 e. The van der Waals surface area contributed by atoms with Crippen LogP contribution in [0.4, 0.5) is 0 Å². The summed E-state index contributed by atoms with van der Waals surface area (Å²) in [6, 6.07) is 12.0. The van der Waals surface area contributed by atoms with Gasteiger partial charge in [-0.1, -0.05) is 52.0 Å². The molecule has 0 radical (unpaired) electrons. The van der Waals surface area contributed by atoms with Crippen molar-refractivity contribution in [2.45, 2.75) is 58.3 Å². The summed E-state index contributed by atoms with van der Waals surface area (Å²) in [6.45, 7) is 7.63. The maximum atomic E-state index is 12.4. The number of carboxylic acid groups (broad SMARTS) is 3. The summed E-state index contributed by atoms with van der Waals surface area (Å²) in [5.74, 6) is -3.21. The Morgan fingerprint density at radius 1 is 0.789 bits per heavy atom. The molecule has 2 atom stereocenters. The predicted octanol–water partition coefficient (Wildman–Crippen LogP) is 6.00. The molecule has 0 spiro atoms. The van der Waals surface area contributed by atoms with Gasteiger partial charge in [0.2, 0.25) is 0 Å². The lowest BCUT2D eigenvalue weighted by molar-refractivity contribution is 0.0682. The molecule has 0 saturated heterocycles. The number of carbonyl (C=O) groups is 3. The van der Waals surface area contributed by atoms with E-state index in [1.165, 1.54) is 19.4 Å². The molecule has 0 saturated carbocycles. The van der Waals surface area contributed by atoms with Gasteiger partial charge in [0.25, 0.3) is 0 Å². The zero-order chi connectivity index (χ0) is 28.1. The van der Waals surface area contributed by atoms with Crippen LogP contribution >= 0.6 is 0 Å². The summed E-state index contributed by atoms with van der Waals surface area (Å²) in [4.78, 5) is 40.2. The van der Waals surface area contributed by atoms with Crippen molar-refractivity contribution in [3.63, 3.8) is 0 Å². The van der Waals surface area contributed by atoms with Crippen LogP contribution in [0.15, 0.2) is 48.7 Å². The fraction of sp³-hybridized carbons (Fsp3) is 0.333. The topological polar surface area (TPSA) is 134 Å². The van der Waals surface area contributed by atoms with E-state index in [1.54, 1.807) is 30.3 Å². The average Bonchev–Trinajstić information content (AvgIpc) is 2.87. The van der Waals surface area contributed by atoms with Crippen molar-refractivity contribution in [2.24, 2.45) is 0 Å². The highest BCUT2D eigenvalue weighted by Crippen LogP contribution is 2.32. The molecule has 0 aliphatic heterocycles. The molecule has 0 fully saturated rings. The van der Waals surface area contributed by atoms with E-state index in [1.807, 2.05) is 33.8 Å². The summed E-state index contributed by atoms with van der Waals surface area (Å²) in [7, 11) is 1.47. The number of pyridine rings is 1. The van der Waals surface area contributed by atoms with Crippen LogP contribution in [-0.4, -0.2) is 45.3 Å². The van der Waals surface area contributed by atoms with Crippen LogP contribution in [-0.2, 0) is 12.8 Å². The Bertz CT molecular complexity index is 1360. The second kappa shape index (κ2) is 11.9. The van der Waals surface area contributed by atoms with Crippen molar-refractivity contribution >= 4 is 17.9 Å². The second-order valence-corrected chi connectivity index (χ2v) is 9.88. The van der Waals surface area contributed by atoms with Crippen LogP contribution < -0.4 is 4.74 Å². The molecule has 1 aromatic heterocycles. The fourth-order valence-corrected chi connectivity index (χ4v) is 4.89. The molecule has 0 amide bonds. The minimum atomic E-state index is -1.08. The largest absolute Gasteiger partial charge is 0.497 e. The van der Waals surface area contributed by atoms with E-state index >= 15 is 0 Å². The third-order valence-corrected chi connectivity index (χ3v) is 6.84. The molecule has 8 heteroatoms. The lowest BCUT2D eigenvalue weighted by Crippen LogP contribution is -2.14.